The van der Waals surface area contributed by atoms with E-state index in [9.17, 15) is 0 Å². The van der Waals surface area contributed by atoms with Crippen molar-refractivity contribution in [2.45, 2.75) is 6.42 Å². The van der Waals surface area contributed by atoms with Gasteiger partial charge >= 0.3 is 0 Å². The molecule has 0 radical (unpaired) electrons. The fourth-order valence-electron chi connectivity index (χ4n) is 2.87. The monoisotopic (exact) mass is 338 g/mol. The smallest absolute Gasteiger partial charge is 0.176 e. The summed E-state index contributed by atoms with van der Waals surface area (Å²) in [6.45, 7) is 0. The molecule has 4 aromatic rings. The van der Waals surface area contributed by atoms with Crippen LogP contribution in [0.2, 0.25) is 0 Å². The fraction of sp³-hybridized carbons (Fsp3) is 0.0455. The molecule has 0 atom stereocenters. The molecule has 1 heterocycles. The van der Waals surface area contributed by atoms with Crippen molar-refractivity contribution in [2.75, 3.05) is 5.43 Å². The molecule has 1 N–H and O–H groups in total. The van der Waals surface area contributed by atoms with Gasteiger partial charge in [0.25, 0.3) is 0 Å². The molecule has 0 saturated carbocycles. The number of aromatic nitrogens is 2. The molecule has 0 amide bonds. The van der Waals surface area contributed by atoms with E-state index in [4.69, 9.17) is 0 Å². The van der Waals surface area contributed by atoms with Gasteiger partial charge in [-0.3, -0.25) is 5.43 Å². The third kappa shape index (κ3) is 3.59. The van der Waals surface area contributed by atoms with Gasteiger partial charge in [-0.15, -0.1) is 5.10 Å². The van der Waals surface area contributed by atoms with Gasteiger partial charge in [0, 0.05) is 17.2 Å². The number of anilines is 1. The molecule has 0 fully saturated rings. The minimum Gasteiger partial charge on any atom is -0.259 e. The summed E-state index contributed by atoms with van der Waals surface area (Å²) in [5, 5.41) is 15.2. The van der Waals surface area contributed by atoms with Gasteiger partial charge in [-0.2, -0.15) is 10.2 Å². The summed E-state index contributed by atoms with van der Waals surface area (Å²) in [6.07, 6.45) is 2.52. The Morgan fingerprint density at radius 1 is 0.731 bits per heavy atom. The van der Waals surface area contributed by atoms with Crippen molar-refractivity contribution in [1.82, 2.24) is 10.2 Å². The molecule has 4 nitrogen and oxygen atoms in total. The minimum absolute atomic E-state index is 0.657. The van der Waals surface area contributed by atoms with E-state index in [1.54, 1.807) is 6.21 Å². The maximum Gasteiger partial charge on any atom is 0.176 e. The quantitative estimate of drug-likeness (QED) is 0.425. The molecule has 0 spiro atoms. The van der Waals surface area contributed by atoms with Crippen LogP contribution in [0.5, 0.6) is 0 Å². The molecule has 4 rings (SSSR count). The fourth-order valence-corrected chi connectivity index (χ4v) is 2.87. The van der Waals surface area contributed by atoms with Gasteiger partial charge in [0.1, 0.15) is 0 Å². The van der Waals surface area contributed by atoms with E-state index < -0.39 is 0 Å². The van der Waals surface area contributed by atoms with Crippen LogP contribution in [0.15, 0.2) is 90.0 Å². The number of nitrogens with zero attached hydrogens (tertiary/aromatic N) is 3. The SMILES string of the molecule is C(=N/Nc1nnc(Cc2ccccc2)c2ccccc12)/c1ccccc1. The highest BCUT2D eigenvalue weighted by Crippen LogP contribution is 2.24. The third-order valence-corrected chi connectivity index (χ3v) is 4.16. The zero-order chi connectivity index (χ0) is 17.6. The maximum atomic E-state index is 4.44. The lowest BCUT2D eigenvalue weighted by Gasteiger charge is -2.08. The molecule has 0 unspecified atom stereocenters. The molecule has 4 heteroatoms. The molecule has 1 aromatic heterocycles. The highest BCUT2D eigenvalue weighted by Gasteiger charge is 2.09. The van der Waals surface area contributed by atoms with Gasteiger partial charge in [-0.1, -0.05) is 84.9 Å². The summed E-state index contributed by atoms with van der Waals surface area (Å²) in [7, 11) is 0. The van der Waals surface area contributed by atoms with Crippen LogP contribution in [0.4, 0.5) is 5.82 Å². The largest absolute Gasteiger partial charge is 0.259 e. The lowest BCUT2D eigenvalue weighted by atomic mass is 10.0. The Morgan fingerprint density at radius 2 is 1.38 bits per heavy atom. The first-order valence-electron chi connectivity index (χ1n) is 8.52. The topological polar surface area (TPSA) is 50.2 Å². The Hall–Kier alpha value is -3.53. The molecule has 0 aliphatic heterocycles. The van der Waals surface area contributed by atoms with Crippen molar-refractivity contribution >= 4 is 22.8 Å². The predicted molar refractivity (Wildman–Crippen MR) is 106 cm³/mol. The van der Waals surface area contributed by atoms with Crippen LogP contribution < -0.4 is 5.43 Å². The van der Waals surface area contributed by atoms with E-state index >= 15 is 0 Å². The van der Waals surface area contributed by atoms with Crippen LogP contribution >= 0.6 is 0 Å². The van der Waals surface area contributed by atoms with Crippen LogP contribution in [0.1, 0.15) is 16.8 Å². The summed E-state index contributed by atoms with van der Waals surface area (Å²) < 4.78 is 0. The van der Waals surface area contributed by atoms with E-state index in [0.717, 1.165) is 28.5 Å². The van der Waals surface area contributed by atoms with E-state index in [2.05, 4.69) is 38.9 Å². The van der Waals surface area contributed by atoms with Crippen LogP contribution in [-0.4, -0.2) is 16.4 Å². The van der Waals surface area contributed by atoms with Gasteiger partial charge in [0.2, 0.25) is 0 Å². The van der Waals surface area contributed by atoms with Gasteiger partial charge in [0.05, 0.1) is 11.9 Å². The second kappa shape index (κ2) is 7.57. The number of nitrogens with one attached hydrogen (secondary N) is 1. The highest BCUT2D eigenvalue weighted by atomic mass is 15.3. The van der Waals surface area contributed by atoms with Crippen molar-refractivity contribution in [1.29, 1.82) is 0 Å². The van der Waals surface area contributed by atoms with E-state index in [1.165, 1.54) is 5.56 Å². The van der Waals surface area contributed by atoms with Crippen LogP contribution in [-0.2, 0) is 6.42 Å². The first-order chi connectivity index (χ1) is 12.9. The Bertz CT molecular complexity index is 1030. The number of hydrogen-bond donors (Lipinski definition) is 1. The molecule has 0 aliphatic rings. The number of hydrogen-bond acceptors (Lipinski definition) is 4. The average Bonchev–Trinajstić information content (AvgIpc) is 2.71. The summed E-state index contributed by atoms with van der Waals surface area (Å²) >= 11 is 0. The zero-order valence-electron chi connectivity index (χ0n) is 14.2. The normalized spacial score (nSPS) is 11.1. The number of benzene rings is 3. The second-order valence-electron chi connectivity index (χ2n) is 5.98. The summed E-state index contributed by atoms with van der Waals surface area (Å²) in [6, 6.07) is 28.4. The zero-order valence-corrected chi connectivity index (χ0v) is 14.2. The molecule has 3 aromatic carbocycles. The second-order valence-corrected chi connectivity index (χ2v) is 5.98. The van der Waals surface area contributed by atoms with Crippen LogP contribution in [0.3, 0.4) is 0 Å². The summed E-state index contributed by atoms with van der Waals surface area (Å²) in [4.78, 5) is 0. The molecule has 0 aliphatic carbocycles. The van der Waals surface area contributed by atoms with E-state index in [0.29, 0.717) is 5.82 Å². The van der Waals surface area contributed by atoms with Crippen molar-refractivity contribution in [2.24, 2.45) is 5.10 Å². The first kappa shape index (κ1) is 16.0. The molecule has 26 heavy (non-hydrogen) atoms. The summed E-state index contributed by atoms with van der Waals surface area (Å²) in [5.74, 6) is 0.657. The van der Waals surface area contributed by atoms with Crippen LogP contribution in [0.25, 0.3) is 10.8 Å². The number of fused-ring (bicyclic) bond motifs is 1. The van der Waals surface area contributed by atoms with Gasteiger partial charge < -0.3 is 0 Å². The minimum atomic E-state index is 0.657. The first-order valence-corrected chi connectivity index (χ1v) is 8.52. The average molecular weight is 338 g/mol. The lowest BCUT2D eigenvalue weighted by molar-refractivity contribution is 0.956. The standard InChI is InChI=1S/C22H18N4/c1-3-9-17(10-4-1)15-21-19-13-7-8-14-20(19)22(26-24-21)25-23-16-18-11-5-2-6-12-18/h1-14,16H,15H2,(H,25,26)/b23-16-. The Balaban J connectivity index is 1.63. The maximum absolute atomic E-state index is 4.44. The Labute approximate surface area is 152 Å². The number of hydrazone groups is 1. The Kier molecular flexibility index (Phi) is 4.65. The highest BCUT2D eigenvalue weighted by molar-refractivity contribution is 5.93. The third-order valence-electron chi connectivity index (χ3n) is 4.16. The van der Waals surface area contributed by atoms with E-state index in [-0.39, 0.29) is 0 Å². The van der Waals surface area contributed by atoms with Crippen LogP contribution in [0, 0.1) is 0 Å². The summed E-state index contributed by atoms with van der Waals surface area (Å²) in [5.41, 5.74) is 6.23. The van der Waals surface area contributed by atoms with E-state index in [1.807, 2.05) is 66.7 Å². The van der Waals surface area contributed by atoms with Crippen molar-refractivity contribution in [3.63, 3.8) is 0 Å². The van der Waals surface area contributed by atoms with Crippen molar-refractivity contribution in [3.8, 4) is 0 Å². The number of rotatable bonds is 5. The molecular formula is C22H18N4. The lowest BCUT2D eigenvalue weighted by Crippen LogP contribution is -2.02. The molecular weight excluding hydrogens is 320 g/mol. The van der Waals surface area contributed by atoms with Crippen molar-refractivity contribution in [3.05, 3.63) is 102 Å². The predicted octanol–water partition coefficient (Wildman–Crippen LogP) is 4.67. The van der Waals surface area contributed by atoms with Gasteiger partial charge in [0.15, 0.2) is 5.82 Å². The molecule has 126 valence electrons. The molecule has 0 bridgehead atoms. The van der Waals surface area contributed by atoms with Crippen molar-refractivity contribution < 1.29 is 0 Å². The van der Waals surface area contributed by atoms with Gasteiger partial charge in [-0.05, 0) is 11.1 Å². The molecule has 0 saturated heterocycles. The van der Waals surface area contributed by atoms with Gasteiger partial charge in [-0.25, -0.2) is 0 Å². The Morgan fingerprint density at radius 3 is 2.15 bits per heavy atom.